The smallest absolute Gasteiger partial charge is 0.242 e. The fourth-order valence-corrected chi connectivity index (χ4v) is 5.51. The average Bonchev–Trinajstić information content (AvgIpc) is 2.71. The van der Waals surface area contributed by atoms with Gasteiger partial charge >= 0.3 is 0 Å². The Bertz CT molecular complexity index is 1200. The van der Waals surface area contributed by atoms with Gasteiger partial charge in [-0.25, -0.2) is 26.3 Å². The molecule has 0 spiro atoms. The van der Waals surface area contributed by atoms with E-state index in [2.05, 4.69) is 9.44 Å². The Balaban J connectivity index is 1.88. The van der Waals surface area contributed by atoms with Crippen molar-refractivity contribution in [2.24, 2.45) is 0 Å². The van der Waals surface area contributed by atoms with Crippen LogP contribution in [0.3, 0.4) is 0 Å². The summed E-state index contributed by atoms with van der Waals surface area (Å²) in [6.45, 7) is -0.301. The number of aliphatic hydroxyl groups is 1. The third kappa shape index (κ3) is 4.08. The SMILES string of the molecule is CNS(=O)(=O)c1ccccc1S(=O)(=O)NCC(O)c1cccc2ccccc12. The summed E-state index contributed by atoms with van der Waals surface area (Å²) < 4.78 is 54.1. The Kier molecular flexibility index (Phi) is 5.82. The van der Waals surface area contributed by atoms with E-state index in [9.17, 15) is 21.9 Å². The number of benzene rings is 3. The summed E-state index contributed by atoms with van der Waals surface area (Å²) in [6.07, 6.45) is -1.10. The van der Waals surface area contributed by atoms with Gasteiger partial charge in [0.15, 0.2) is 0 Å². The predicted molar refractivity (Wildman–Crippen MR) is 107 cm³/mol. The number of rotatable bonds is 7. The molecule has 148 valence electrons. The molecule has 3 aromatic rings. The minimum absolute atomic E-state index is 0.301. The molecule has 0 bridgehead atoms. The second-order valence-corrected chi connectivity index (χ2v) is 9.68. The first-order valence-corrected chi connectivity index (χ1v) is 11.4. The van der Waals surface area contributed by atoms with Gasteiger partial charge in [0.05, 0.1) is 6.10 Å². The molecule has 0 aliphatic heterocycles. The Morgan fingerprint density at radius 1 is 0.821 bits per heavy atom. The molecule has 1 unspecified atom stereocenters. The number of fused-ring (bicyclic) bond motifs is 1. The van der Waals surface area contributed by atoms with Crippen molar-refractivity contribution in [1.29, 1.82) is 0 Å². The minimum Gasteiger partial charge on any atom is -0.387 e. The number of aliphatic hydroxyl groups excluding tert-OH is 1. The maximum atomic E-state index is 12.7. The second-order valence-electron chi connectivity index (χ2n) is 6.09. The van der Waals surface area contributed by atoms with Crippen molar-refractivity contribution in [2.75, 3.05) is 13.6 Å². The zero-order valence-electron chi connectivity index (χ0n) is 15.0. The van der Waals surface area contributed by atoms with Crippen LogP contribution in [-0.4, -0.2) is 35.5 Å². The fourth-order valence-electron chi connectivity index (χ4n) is 2.92. The number of hydrogen-bond acceptors (Lipinski definition) is 5. The molecule has 28 heavy (non-hydrogen) atoms. The molecule has 7 nitrogen and oxygen atoms in total. The molecule has 0 fully saturated rings. The minimum atomic E-state index is -4.17. The molecule has 0 aliphatic carbocycles. The van der Waals surface area contributed by atoms with Crippen molar-refractivity contribution in [3.63, 3.8) is 0 Å². The predicted octanol–water partition coefficient (Wildman–Crippen LogP) is 1.76. The molecular formula is C19H20N2O5S2. The van der Waals surface area contributed by atoms with Gasteiger partial charge in [-0.05, 0) is 35.5 Å². The number of sulfonamides is 2. The summed E-state index contributed by atoms with van der Waals surface area (Å²) >= 11 is 0. The molecule has 0 aromatic heterocycles. The van der Waals surface area contributed by atoms with Crippen LogP contribution in [-0.2, 0) is 20.0 Å². The highest BCUT2D eigenvalue weighted by Crippen LogP contribution is 2.25. The van der Waals surface area contributed by atoms with Gasteiger partial charge in [-0.1, -0.05) is 54.6 Å². The summed E-state index contributed by atoms with van der Waals surface area (Å²) in [5, 5.41) is 12.3. The van der Waals surface area contributed by atoms with Crippen LogP contribution in [0, 0.1) is 0 Å². The van der Waals surface area contributed by atoms with Crippen LogP contribution in [0.4, 0.5) is 0 Å². The van der Waals surface area contributed by atoms with Crippen molar-refractivity contribution in [3.8, 4) is 0 Å². The van der Waals surface area contributed by atoms with Gasteiger partial charge < -0.3 is 5.11 Å². The molecule has 0 saturated heterocycles. The van der Waals surface area contributed by atoms with Crippen LogP contribution in [0.1, 0.15) is 11.7 Å². The molecule has 0 saturated carbocycles. The first-order chi connectivity index (χ1) is 13.3. The van der Waals surface area contributed by atoms with E-state index >= 15 is 0 Å². The van der Waals surface area contributed by atoms with Crippen LogP contribution in [0.5, 0.6) is 0 Å². The standard InChI is InChI=1S/C19H20N2O5S2/c1-20-27(23,24)18-11-4-5-12-19(18)28(25,26)21-13-17(22)16-10-6-8-14-7-2-3-9-15(14)16/h2-12,17,20-22H,13H2,1H3. The van der Waals surface area contributed by atoms with Crippen molar-refractivity contribution in [2.45, 2.75) is 15.9 Å². The van der Waals surface area contributed by atoms with Gasteiger partial charge in [-0.2, -0.15) is 0 Å². The molecule has 1 atom stereocenters. The molecule has 0 aliphatic rings. The summed E-state index contributed by atoms with van der Waals surface area (Å²) in [5.74, 6) is 0. The van der Waals surface area contributed by atoms with Crippen molar-refractivity contribution < 1.29 is 21.9 Å². The molecule has 3 N–H and O–H groups in total. The first kappa shape index (κ1) is 20.4. The highest BCUT2D eigenvalue weighted by Gasteiger charge is 2.26. The van der Waals surface area contributed by atoms with Crippen molar-refractivity contribution in [3.05, 3.63) is 72.3 Å². The Labute approximate surface area is 164 Å². The molecule has 0 amide bonds. The summed E-state index contributed by atoms with van der Waals surface area (Å²) in [4.78, 5) is -0.737. The Morgan fingerprint density at radius 3 is 2.07 bits per heavy atom. The van der Waals surface area contributed by atoms with E-state index in [0.717, 1.165) is 10.8 Å². The van der Waals surface area contributed by atoms with Gasteiger partial charge in [-0.15, -0.1) is 0 Å². The van der Waals surface area contributed by atoms with E-state index < -0.39 is 26.2 Å². The monoisotopic (exact) mass is 420 g/mol. The average molecular weight is 421 g/mol. The highest BCUT2D eigenvalue weighted by molar-refractivity contribution is 7.92. The van der Waals surface area contributed by atoms with E-state index in [0.29, 0.717) is 5.56 Å². The van der Waals surface area contributed by atoms with Crippen LogP contribution < -0.4 is 9.44 Å². The molecule has 0 heterocycles. The molecule has 3 rings (SSSR count). The Hall–Kier alpha value is -2.30. The fraction of sp³-hybridized carbons (Fsp3) is 0.158. The maximum Gasteiger partial charge on any atom is 0.242 e. The summed E-state index contributed by atoms with van der Waals surface area (Å²) in [5.41, 5.74) is 0.580. The number of hydrogen-bond donors (Lipinski definition) is 3. The summed E-state index contributed by atoms with van der Waals surface area (Å²) in [7, 11) is -6.93. The zero-order chi connectivity index (χ0) is 20.4. The van der Waals surface area contributed by atoms with E-state index in [1.54, 1.807) is 12.1 Å². The van der Waals surface area contributed by atoms with E-state index in [-0.39, 0.29) is 16.3 Å². The lowest BCUT2D eigenvalue weighted by Gasteiger charge is -2.16. The number of nitrogens with one attached hydrogen (secondary N) is 2. The third-order valence-electron chi connectivity index (χ3n) is 4.35. The lowest BCUT2D eigenvalue weighted by atomic mass is 10.0. The van der Waals surface area contributed by atoms with Gasteiger partial charge in [-0.3, -0.25) is 0 Å². The topological polar surface area (TPSA) is 113 Å². The van der Waals surface area contributed by atoms with Crippen LogP contribution in [0.15, 0.2) is 76.5 Å². The normalized spacial score (nSPS) is 13.5. The van der Waals surface area contributed by atoms with Crippen LogP contribution >= 0.6 is 0 Å². The molecular weight excluding hydrogens is 400 g/mol. The quantitative estimate of drug-likeness (QED) is 0.539. The van der Waals surface area contributed by atoms with Crippen LogP contribution in [0.25, 0.3) is 10.8 Å². The lowest BCUT2D eigenvalue weighted by Crippen LogP contribution is -2.31. The highest BCUT2D eigenvalue weighted by atomic mass is 32.2. The zero-order valence-corrected chi connectivity index (χ0v) is 16.7. The molecule has 0 radical (unpaired) electrons. The van der Waals surface area contributed by atoms with Gasteiger partial charge in [0.1, 0.15) is 9.79 Å². The molecule has 9 heteroatoms. The lowest BCUT2D eigenvalue weighted by molar-refractivity contribution is 0.183. The van der Waals surface area contributed by atoms with Gasteiger partial charge in [0, 0.05) is 6.54 Å². The Morgan fingerprint density at radius 2 is 1.39 bits per heavy atom. The molecule has 3 aromatic carbocycles. The van der Waals surface area contributed by atoms with E-state index in [1.165, 1.54) is 31.3 Å². The van der Waals surface area contributed by atoms with E-state index in [1.807, 2.05) is 30.3 Å². The van der Waals surface area contributed by atoms with Gasteiger partial charge in [0.2, 0.25) is 20.0 Å². The van der Waals surface area contributed by atoms with E-state index in [4.69, 9.17) is 0 Å². The maximum absolute atomic E-state index is 12.7. The largest absolute Gasteiger partial charge is 0.387 e. The first-order valence-electron chi connectivity index (χ1n) is 8.44. The van der Waals surface area contributed by atoms with Crippen LogP contribution in [0.2, 0.25) is 0 Å². The summed E-state index contributed by atoms with van der Waals surface area (Å²) in [6, 6.07) is 18.1. The second kappa shape index (κ2) is 7.98. The van der Waals surface area contributed by atoms with Gasteiger partial charge in [0.25, 0.3) is 0 Å². The van der Waals surface area contributed by atoms with Crippen molar-refractivity contribution >= 4 is 30.8 Å². The third-order valence-corrected chi connectivity index (χ3v) is 7.43. The van der Waals surface area contributed by atoms with Crippen molar-refractivity contribution in [1.82, 2.24) is 9.44 Å².